The van der Waals surface area contributed by atoms with Gasteiger partial charge in [0.1, 0.15) is 16.9 Å². The number of amides is 2. The number of nitrogens with zero attached hydrogens (tertiary/aromatic N) is 4. The highest BCUT2D eigenvalue weighted by Gasteiger charge is 2.41. The van der Waals surface area contributed by atoms with Gasteiger partial charge in [0.2, 0.25) is 12.5 Å². The zero-order valence-electron chi connectivity index (χ0n) is 20.0. The van der Waals surface area contributed by atoms with E-state index < -0.39 is 11.4 Å². The lowest BCUT2D eigenvalue weighted by Crippen LogP contribution is -2.48. The van der Waals surface area contributed by atoms with Gasteiger partial charge in [-0.25, -0.2) is 11.0 Å². The van der Waals surface area contributed by atoms with E-state index in [9.17, 15) is 14.0 Å². The molecule has 1 aliphatic carbocycles. The number of piperidine rings is 1. The van der Waals surface area contributed by atoms with Crippen LogP contribution in [0.15, 0.2) is 35.8 Å². The highest BCUT2D eigenvalue weighted by Crippen LogP contribution is 2.35. The first-order valence-electron chi connectivity index (χ1n) is 12.1. The molecule has 0 unspecified atom stereocenters. The number of aromatic nitrogens is 2. The second kappa shape index (κ2) is 10.2. The third kappa shape index (κ3) is 5.39. The van der Waals surface area contributed by atoms with Crippen LogP contribution in [0.4, 0.5) is 10.2 Å². The lowest BCUT2D eigenvalue weighted by atomic mass is 9.87. The van der Waals surface area contributed by atoms with Gasteiger partial charge in [-0.15, -0.1) is 11.3 Å². The topological polar surface area (TPSA) is 97.6 Å². The highest BCUT2D eigenvalue weighted by atomic mass is 35.5. The van der Waals surface area contributed by atoms with Crippen LogP contribution in [0.1, 0.15) is 41.6 Å². The summed E-state index contributed by atoms with van der Waals surface area (Å²) in [5, 5.41) is 9.09. The van der Waals surface area contributed by atoms with E-state index in [2.05, 4.69) is 20.2 Å². The van der Waals surface area contributed by atoms with Gasteiger partial charge in [0.05, 0.1) is 4.34 Å². The Hall–Kier alpha value is -3.26. The van der Waals surface area contributed by atoms with Crippen molar-refractivity contribution in [3.8, 4) is 11.1 Å². The molecule has 0 bridgehead atoms. The number of benzene rings is 1. The summed E-state index contributed by atoms with van der Waals surface area (Å²) in [7, 11) is 0. The lowest BCUT2D eigenvalue weighted by molar-refractivity contribution is -0.117. The number of hydrogen-bond acceptors (Lipinski definition) is 5. The first-order chi connectivity index (χ1) is 17.8. The second-order valence-corrected chi connectivity index (χ2v) is 11.3. The Kier molecular flexibility index (Phi) is 7.03. The maximum atomic E-state index is 14.8. The van der Waals surface area contributed by atoms with Crippen molar-refractivity contribution in [3.63, 3.8) is 0 Å². The van der Waals surface area contributed by atoms with Crippen molar-refractivity contribution in [2.75, 3.05) is 25.0 Å². The van der Waals surface area contributed by atoms with E-state index in [1.54, 1.807) is 29.1 Å². The average Bonchev–Trinajstić information content (AvgIpc) is 3.50. The number of rotatable bonds is 8. The second-order valence-electron chi connectivity index (χ2n) is 9.73. The molecule has 5 rings (SSSR count). The normalized spacial score (nSPS) is 17.3. The van der Waals surface area contributed by atoms with Crippen LogP contribution >= 0.6 is 22.9 Å². The SMILES string of the molecule is [C-]#[N+]CC1(n2cc(C(N)=O)c(NC(=O)C3CC3)n2)CCN(Cc2ccc(-c3csc(Cl)c3)c(F)c2)CC1. The molecule has 3 aromatic rings. The summed E-state index contributed by atoms with van der Waals surface area (Å²) < 4.78 is 17.1. The Morgan fingerprint density at radius 1 is 1.30 bits per heavy atom. The molecule has 1 aromatic carbocycles. The van der Waals surface area contributed by atoms with Gasteiger partial charge in [-0.3, -0.25) is 19.2 Å². The standard InChI is InChI=1S/C26H26ClFN6O2S/c1-30-15-26(34-13-20(23(29)35)24(32-34)31-25(36)17-3-4-17)6-8-33(9-7-26)12-16-2-5-19(21(28)10-16)18-11-22(27)37-14-18/h2,5,10-11,13-14,17H,3-4,6-9,12,15H2,(H2,29,35)(H,31,32,36). The number of thiophene rings is 1. The Morgan fingerprint density at radius 3 is 2.65 bits per heavy atom. The minimum absolute atomic E-state index is 0.0479. The van der Waals surface area contributed by atoms with Crippen molar-refractivity contribution in [2.45, 2.75) is 37.8 Å². The summed E-state index contributed by atoms with van der Waals surface area (Å²) in [4.78, 5) is 30.2. The molecule has 0 spiro atoms. The van der Waals surface area contributed by atoms with Gasteiger partial charge < -0.3 is 15.9 Å². The fourth-order valence-corrected chi connectivity index (χ4v) is 5.67. The number of carbonyl (C=O) groups is 2. The van der Waals surface area contributed by atoms with Crippen LogP contribution in [0.5, 0.6) is 0 Å². The van der Waals surface area contributed by atoms with E-state index >= 15 is 0 Å². The predicted molar refractivity (Wildman–Crippen MR) is 141 cm³/mol. The maximum Gasteiger partial charge on any atom is 0.254 e. The minimum atomic E-state index is -0.678. The lowest BCUT2D eigenvalue weighted by Gasteiger charge is -2.38. The third-order valence-corrected chi connectivity index (χ3v) is 8.22. The summed E-state index contributed by atoms with van der Waals surface area (Å²) in [5.74, 6) is -1.03. The molecule has 192 valence electrons. The monoisotopic (exact) mass is 540 g/mol. The molecule has 1 saturated heterocycles. The minimum Gasteiger partial charge on any atom is -0.365 e. The Labute approximate surface area is 223 Å². The molecular weight excluding hydrogens is 515 g/mol. The Balaban J connectivity index is 1.30. The van der Waals surface area contributed by atoms with Gasteiger partial charge in [-0.1, -0.05) is 23.7 Å². The molecule has 3 N–H and O–H groups in total. The van der Waals surface area contributed by atoms with E-state index in [4.69, 9.17) is 23.9 Å². The van der Waals surface area contributed by atoms with Crippen LogP contribution in [0, 0.1) is 18.3 Å². The van der Waals surface area contributed by atoms with Crippen molar-refractivity contribution in [1.29, 1.82) is 0 Å². The van der Waals surface area contributed by atoms with E-state index in [1.807, 2.05) is 11.4 Å². The smallest absolute Gasteiger partial charge is 0.254 e. The first kappa shape index (κ1) is 25.4. The molecule has 37 heavy (non-hydrogen) atoms. The van der Waals surface area contributed by atoms with Gasteiger partial charge in [-0.05, 0) is 48.9 Å². The fourth-order valence-electron chi connectivity index (χ4n) is 4.79. The molecule has 8 nitrogen and oxygen atoms in total. The van der Waals surface area contributed by atoms with Crippen molar-refractivity contribution >= 4 is 40.6 Å². The number of carbonyl (C=O) groups excluding carboxylic acids is 2. The molecule has 1 saturated carbocycles. The van der Waals surface area contributed by atoms with Crippen LogP contribution in [0.2, 0.25) is 4.34 Å². The molecule has 3 heterocycles. The van der Waals surface area contributed by atoms with Crippen molar-refractivity contribution < 1.29 is 14.0 Å². The van der Waals surface area contributed by atoms with Gasteiger partial charge >= 0.3 is 0 Å². The Morgan fingerprint density at radius 2 is 2.05 bits per heavy atom. The molecule has 0 atom stereocenters. The summed E-state index contributed by atoms with van der Waals surface area (Å²) in [6, 6.07) is 7.02. The van der Waals surface area contributed by atoms with Crippen LogP contribution in [-0.2, 0) is 16.9 Å². The van der Waals surface area contributed by atoms with Crippen molar-refractivity contribution in [2.24, 2.45) is 11.7 Å². The van der Waals surface area contributed by atoms with Crippen LogP contribution in [0.3, 0.4) is 0 Å². The summed E-state index contributed by atoms with van der Waals surface area (Å²) in [5.41, 5.74) is 7.23. The molecular formula is C26H26ClFN6O2S. The van der Waals surface area contributed by atoms with E-state index in [-0.39, 0.29) is 35.6 Å². The number of likely N-dealkylation sites (tertiary alicyclic amines) is 1. The average molecular weight is 541 g/mol. The van der Waals surface area contributed by atoms with E-state index in [0.29, 0.717) is 42.4 Å². The molecule has 2 aromatic heterocycles. The number of anilines is 1. The van der Waals surface area contributed by atoms with E-state index in [1.165, 1.54) is 11.3 Å². The zero-order chi connectivity index (χ0) is 26.2. The summed E-state index contributed by atoms with van der Waals surface area (Å²) in [6.07, 6.45) is 4.42. The zero-order valence-corrected chi connectivity index (χ0v) is 21.6. The van der Waals surface area contributed by atoms with Gasteiger partial charge in [-0.2, -0.15) is 5.10 Å². The quantitative estimate of drug-likeness (QED) is 0.402. The first-order valence-corrected chi connectivity index (χ1v) is 13.3. The van der Waals surface area contributed by atoms with E-state index in [0.717, 1.165) is 24.0 Å². The number of nitrogens with one attached hydrogen (secondary N) is 1. The van der Waals surface area contributed by atoms with Gasteiger partial charge in [0.25, 0.3) is 5.91 Å². The molecule has 2 aliphatic rings. The fraction of sp³-hybridized carbons (Fsp3) is 0.385. The largest absolute Gasteiger partial charge is 0.365 e. The summed E-state index contributed by atoms with van der Waals surface area (Å²) in [6.45, 7) is 9.62. The van der Waals surface area contributed by atoms with Gasteiger partial charge in [0, 0.05) is 42.7 Å². The van der Waals surface area contributed by atoms with Crippen molar-refractivity contribution in [1.82, 2.24) is 14.7 Å². The number of primary amides is 1. The molecule has 1 aliphatic heterocycles. The van der Waals surface area contributed by atoms with Crippen LogP contribution < -0.4 is 11.1 Å². The number of nitrogens with two attached hydrogens (primary N) is 1. The molecule has 2 amide bonds. The Bertz CT molecular complexity index is 1380. The molecule has 2 fully saturated rings. The molecule has 11 heteroatoms. The van der Waals surface area contributed by atoms with Crippen molar-refractivity contribution in [3.05, 3.63) is 68.5 Å². The number of hydrogen-bond donors (Lipinski definition) is 2. The highest BCUT2D eigenvalue weighted by molar-refractivity contribution is 7.14. The van der Waals surface area contributed by atoms with Crippen LogP contribution in [0.25, 0.3) is 16.0 Å². The summed E-state index contributed by atoms with van der Waals surface area (Å²) >= 11 is 7.37. The van der Waals surface area contributed by atoms with Gasteiger partial charge in [0.15, 0.2) is 5.82 Å². The third-order valence-electron chi connectivity index (χ3n) is 7.13. The number of halogens is 2. The predicted octanol–water partition coefficient (Wildman–Crippen LogP) is 4.76. The maximum absolute atomic E-state index is 14.8. The van der Waals surface area contributed by atoms with Crippen LogP contribution in [-0.4, -0.2) is 46.1 Å². The molecule has 0 radical (unpaired) electrons.